The topological polar surface area (TPSA) is 83.2 Å². The van der Waals surface area contributed by atoms with Gasteiger partial charge in [0, 0.05) is 19.7 Å². The predicted molar refractivity (Wildman–Crippen MR) is 102 cm³/mol. The highest BCUT2D eigenvalue weighted by Gasteiger charge is 2.31. The minimum Gasteiger partial charge on any atom is -0.370 e. The maximum absolute atomic E-state index is 12.6. The molecule has 148 valence electrons. The summed E-state index contributed by atoms with van der Waals surface area (Å²) < 4.78 is 33.8. The molecule has 1 saturated heterocycles. The van der Waals surface area contributed by atoms with Crippen molar-refractivity contribution in [2.24, 2.45) is 5.92 Å². The van der Waals surface area contributed by atoms with Gasteiger partial charge >= 0.3 is 5.69 Å². The fourth-order valence-corrected chi connectivity index (χ4v) is 4.86. The SMILES string of the molecule is CCn1c([C@H]2OCC[C@H]2C)nn(CCCS(=O)(=O)c2cccc(C)c2)c1=O. The smallest absolute Gasteiger partial charge is 0.345 e. The molecule has 0 bridgehead atoms. The van der Waals surface area contributed by atoms with Crippen molar-refractivity contribution in [2.75, 3.05) is 12.4 Å². The quantitative estimate of drug-likeness (QED) is 0.721. The number of hydrogen-bond donors (Lipinski definition) is 0. The van der Waals surface area contributed by atoms with Gasteiger partial charge in [0.1, 0.15) is 6.10 Å². The van der Waals surface area contributed by atoms with Gasteiger partial charge in [0.2, 0.25) is 0 Å². The van der Waals surface area contributed by atoms with Gasteiger partial charge in [-0.15, -0.1) is 0 Å². The molecule has 0 aliphatic carbocycles. The maximum atomic E-state index is 12.6. The predicted octanol–water partition coefficient (Wildman–Crippen LogP) is 2.33. The van der Waals surface area contributed by atoms with Crippen LogP contribution in [-0.4, -0.2) is 35.1 Å². The monoisotopic (exact) mass is 393 g/mol. The lowest BCUT2D eigenvalue weighted by molar-refractivity contribution is 0.0836. The zero-order valence-electron chi connectivity index (χ0n) is 16.1. The van der Waals surface area contributed by atoms with E-state index in [1.165, 1.54) is 4.68 Å². The summed E-state index contributed by atoms with van der Waals surface area (Å²) in [4.78, 5) is 12.9. The summed E-state index contributed by atoms with van der Waals surface area (Å²) in [7, 11) is -3.37. The Morgan fingerprint density at radius 2 is 2.11 bits per heavy atom. The minimum absolute atomic E-state index is 0.0203. The van der Waals surface area contributed by atoms with E-state index in [2.05, 4.69) is 12.0 Å². The van der Waals surface area contributed by atoms with Crippen LogP contribution in [0, 0.1) is 12.8 Å². The Balaban J connectivity index is 1.73. The van der Waals surface area contributed by atoms with Gasteiger partial charge in [0.15, 0.2) is 15.7 Å². The number of ether oxygens (including phenoxy) is 1. The Morgan fingerprint density at radius 1 is 1.33 bits per heavy atom. The van der Waals surface area contributed by atoms with Crippen molar-refractivity contribution in [2.45, 2.75) is 57.7 Å². The maximum Gasteiger partial charge on any atom is 0.345 e. The Morgan fingerprint density at radius 3 is 2.74 bits per heavy atom. The molecule has 0 radical (unpaired) electrons. The minimum atomic E-state index is -3.37. The lowest BCUT2D eigenvalue weighted by Crippen LogP contribution is -2.26. The Kier molecular flexibility index (Phi) is 5.86. The average Bonchev–Trinajstić information content (AvgIpc) is 3.18. The van der Waals surface area contributed by atoms with Crippen LogP contribution in [0.15, 0.2) is 34.0 Å². The summed E-state index contributed by atoms with van der Waals surface area (Å²) in [5, 5.41) is 4.47. The molecule has 1 fully saturated rings. The second-order valence-electron chi connectivity index (χ2n) is 7.15. The van der Waals surface area contributed by atoms with Gasteiger partial charge in [-0.3, -0.25) is 4.57 Å². The summed E-state index contributed by atoms with van der Waals surface area (Å²) >= 11 is 0. The van der Waals surface area contributed by atoms with E-state index in [0.29, 0.717) is 36.2 Å². The summed E-state index contributed by atoms with van der Waals surface area (Å²) in [5.74, 6) is 0.939. The van der Waals surface area contributed by atoms with E-state index in [9.17, 15) is 13.2 Å². The number of nitrogens with zero attached hydrogens (tertiary/aromatic N) is 3. The van der Waals surface area contributed by atoms with Crippen molar-refractivity contribution in [3.05, 3.63) is 46.1 Å². The molecule has 0 unspecified atom stereocenters. The fourth-order valence-electron chi connectivity index (χ4n) is 3.47. The molecular weight excluding hydrogens is 366 g/mol. The van der Waals surface area contributed by atoms with Crippen LogP contribution >= 0.6 is 0 Å². The Labute approximate surface area is 159 Å². The molecule has 7 nitrogen and oxygen atoms in total. The normalized spacial score (nSPS) is 20.3. The molecule has 0 spiro atoms. The lowest BCUT2D eigenvalue weighted by Gasteiger charge is -2.13. The van der Waals surface area contributed by atoms with Crippen LogP contribution in [0.25, 0.3) is 0 Å². The number of sulfone groups is 1. The zero-order valence-corrected chi connectivity index (χ0v) is 16.9. The van der Waals surface area contributed by atoms with Gasteiger partial charge in [-0.1, -0.05) is 19.1 Å². The van der Waals surface area contributed by atoms with Gasteiger partial charge in [-0.05, 0) is 50.3 Å². The van der Waals surface area contributed by atoms with Crippen LogP contribution in [0.2, 0.25) is 0 Å². The average molecular weight is 394 g/mol. The largest absolute Gasteiger partial charge is 0.370 e. The van der Waals surface area contributed by atoms with E-state index in [-0.39, 0.29) is 24.1 Å². The van der Waals surface area contributed by atoms with E-state index in [1.54, 1.807) is 22.8 Å². The van der Waals surface area contributed by atoms with Crippen LogP contribution < -0.4 is 5.69 Å². The van der Waals surface area contributed by atoms with E-state index in [1.807, 2.05) is 19.9 Å². The molecule has 27 heavy (non-hydrogen) atoms. The first-order valence-electron chi connectivity index (χ1n) is 9.42. The van der Waals surface area contributed by atoms with Gasteiger partial charge in [-0.2, -0.15) is 5.10 Å². The van der Waals surface area contributed by atoms with Crippen molar-refractivity contribution in [1.29, 1.82) is 0 Å². The molecule has 1 aliphatic heterocycles. The van der Waals surface area contributed by atoms with Gasteiger partial charge in [0.25, 0.3) is 0 Å². The van der Waals surface area contributed by atoms with Crippen LogP contribution in [0.3, 0.4) is 0 Å². The second-order valence-corrected chi connectivity index (χ2v) is 9.26. The first-order valence-corrected chi connectivity index (χ1v) is 11.1. The highest BCUT2D eigenvalue weighted by atomic mass is 32.2. The fraction of sp³-hybridized carbons (Fsp3) is 0.579. The molecule has 1 aromatic heterocycles. The number of benzene rings is 1. The zero-order chi connectivity index (χ0) is 19.6. The first kappa shape index (κ1) is 19.8. The van der Waals surface area contributed by atoms with Crippen LogP contribution in [0.1, 0.15) is 44.2 Å². The van der Waals surface area contributed by atoms with E-state index in [0.717, 1.165) is 12.0 Å². The Hall–Kier alpha value is -1.93. The first-order chi connectivity index (χ1) is 12.8. The molecule has 2 aromatic rings. The molecule has 8 heteroatoms. The van der Waals surface area contributed by atoms with E-state index < -0.39 is 9.84 Å². The van der Waals surface area contributed by atoms with Crippen molar-refractivity contribution in [3.63, 3.8) is 0 Å². The molecule has 2 atom stereocenters. The molecule has 2 heterocycles. The van der Waals surface area contributed by atoms with Gasteiger partial charge in [0.05, 0.1) is 10.6 Å². The van der Waals surface area contributed by atoms with Crippen molar-refractivity contribution in [1.82, 2.24) is 14.3 Å². The van der Waals surface area contributed by atoms with Crippen molar-refractivity contribution in [3.8, 4) is 0 Å². The van der Waals surface area contributed by atoms with E-state index in [4.69, 9.17) is 4.74 Å². The third-order valence-electron chi connectivity index (χ3n) is 5.04. The van der Waals surface area contributed by atoms with E-state index >= 15 is 0 Å². The molecule has 0 saturated carbocycles. The molecule has 3 rings (SSSR count). The molecule has 1 aromatic carbocycles. The lowest BCUT2D eigenvalue weighted by atomic mass is 10.0. The molecule has 1 aliphatic rings. The summed E-state index contributed by atoms with van der Waals surface area (Å²) in [6.45, 7) is 7.32. The second kappa shape index (κ2) is 7.98. The van der Waals surface area contributed by atoms with Crippen LogP contribution in [0.5, 0.6) is 0 Å². The molecule has 0 N–H and O–H groups in total. The van der Waals surface area contributed by atoms with Crippen LogP contribution in [0.4, 0.5) is 0 Å². The van der Waals surface area contributed by atoms with Crippen molar-refractivity contribution >= 4 is 9.84 Å². The van der Waals surface area contributed by atoms with Gasteiger partial charge < -0.3 is 4.74 Å². The highest BCUT2D eigenvalue weighted by Crippen LogP contribution is 2.32. The van der Waals surface area contributed by atoms with Crippen molar-refractivity contribution < 1.29 is 13.2 Å². The summed E-state index contributed by atoms with van der Waals surface area (Å²) in [5.41, 5.74) is 0.701. The third-order valence-corrected chi connectivity index (χ3v) is 6.84. The molecule has 0 amide bonds. The molecular formula is C19H27N3O4S. The number of rotatable bonds is 7. The third kappa shape index (κ3) is 4.16. The Bertz CT molecular complexity index is 962. The standard InChI is InChI=1S/C19H27N3O4S/c1-4-21-18(17-15(3)9-11-26-17)20-22(19(21)23)10-6-12-27(24,25)16-8-5-7-14(2)13-16/h5,7-8,13,15,17H,4,6,9-12H2,1-3H3/t15-,17+/m1/s1. The number of hydrogen-bond acceptors (Lipinski definition) is 5. The summed E-state index contributed by atoms with van der Waals surface area (Å²) in [6.07, 6.45) is 1.11. The highest BCUT2D eigenvalue weighted by molar-refractivity contribution is 7.91. The van der Waals surface area contributed by atoms with Gasteiger partial charge in [-0.25, -0.2) is 17.9 Å². The number of aryl methyl sites for hydroxylation is 2. The van der Waals surface area contributed by atoms with Crippen LogP contribution in [-0.2, 0) is 27.7 Å². The summed E-state index contributed by atoms with van der Waals surface area (Å²) in [6, 6.07) is 6.88. The number of aromatic nitrogens is 3.